The second-order valence-electron chi connectivity index (χ2n) is 6.88. The van der Waals surface area contributed by atoms with Gasteiger partial charge in [0, 0.05) is 38.4 Å². The van der Waals surface area contributed by atoms with Crippen molar-refractivity contribution in [1.29, 1.82) is 0 Å². The fourth-order valence-electron chi connectivity index (χ4n) is 3.44. The van der Waals surface area contributed by atoms with Crippen LogP contribution in [0.5, 0.6) is 5.75 Å². The van der Waals surface area contributed by atoms with E-state index in [1.54, 1.807) is 17.9 Å². The molecule has 132 valence electrons. The van der Waals surface area contributed by atoms with Gasteiger partial charge in [-0.1, -0.05) is 6.07 Å². The number of amides is 1. The molecule has 1 saturated carbocycles. The number of nitrogens with zero attached hydrogens (tertiary/aromatic N) is 4. The van der Waals surface area contributed by atoms with Gasteiger partial charge in [-0.2, -0.15) is 5.10 Å². The molecule has 0 bridgehead atoms. The number of rotatable bonds is 4. The van der Waals surface area contributed by atoms with E-state index in [0.29, 0.717) is 5.69 Å². The first kappa shape index (κ1) is 16.1. The van der Waals surface area contributed by atoms with E-state index in [-0.39, 0.29) is 5.91 Å². The van der Waals surface area contributed by atoms with Crippen molar-refractivity contribution in [2.24, 2.45) is 0 Å². The zero-order valence-electron chi connectivity index (χ0n) is 14.8. The predicted molar refractivity (Wildman–Crippen MR) is 95.4 cm³/mol. The molecule has 2 aliphatic rings. The normalized spacial score (nSPS) is 18.4. The van der Waals surface area contributed by atoms with Crippen LogP contribution in [0.15, 0.2) is 30.5 Å². The summed E-state index contributed by atoms with van der Waals surface area (Å²) >= 11 is 0. The van der Waals surface area contributed by atoms with Crippen molar-refractivity contribution in [3.05, 3.63) is 41.7 Å². The van der Waals surface area contributed by atoms with Crippen LogP contribution in [0, 0.1) is 6.92 Å². The summed E-state index contributed by atoms with van der Waals surface area (Å²) in [5.41, 5.74) is 2.46. The summed E-state index contributed by atoms with van der Waals surface area (Å²) in [6.07, 6.45) is 4.46. The van der Waals surface area contributed by atoms with E-state index in [4.69, 9.17) is 4.74 Å². The molecule has 1 saturated heterocycles. The van der Waals surface area contributed by atoms with Gasteiger partial charge in [0.15, 0.2) is 5.69 Å². The molecule has 1 amide bonds. The van der Waals surface area contributed by atoms with Gasteiger partial charge in [0.1, 0.15) is 11.4 Å². The molecular formula is C19H24N4O2. The number of methoxy groups -OCH3 is 1. The molecule has 2 aromatic rings. The maximum atomic E-state index is 12.8. The van der Waals surface area contributed by atoms with Crippen molar-refractivity contribution in [2.45, 2.75) is 25.8 Å². The Labute approximate surface area is 148 Å². The van der Waals surface area contributed by atoms with Crippen LogP contribution in [-0.2, 0) is 0 Å². The Morgan fingerprint density at radius 3 is 2.60 bits per heavy atom. The zero-order valence-corrected chi connectivity index (χ0v) is 14.8. The van der Waals surface area contributed by atoms with Crippen molar-refractivity contribution in [3.63, 3.8) is 0 Å². The molecular weight excluding hydrogens is 316 g/mol. The monoisotopic (exact) mass is 340 g/mol. The molecule has 0 N–H and O–H groups in total. The highest BCUT2D eigenvalue weighted by atomic mass is 16.5. The first-order valence-corrected chi connectivity index (χ1v) is 8.90. The predicted octanol–water partition coefficient (Wildman–Crippen LogP) is 2.11. The number of benzene rings is 1. The van der Waals surface area contributed by atoms with Crippen LogP contribution in [0.25, 0.3) is 5.69 Å². The van der Waals surface area contributed by atoms with Crippen molar-refractivity contribution in [1.82, 2.24) is 19.6 Å². The first-order chi connectivity index (χ1) is 12.2. The van der Waals surface area contributed by atoms with E-state index in [1.807, 2.05) is 36.2 Å². The minimum Gasteiger partial charge on any atom is -0.494 e. The third-order valence-corrected chi connectivity index (χ3v) is 5.05. The van der Waals surface area contributed by atoms with Gasteiger partial charge in [-0.15, -0.1) is 0 Å². The SMILES string of the molecule is COc1ccc(C)cc1-n1ccc(C(=O)N2CCN(C3CC3)CC2)n1. The number of aromatic nitrogens is 2. The van der Waals surface area contributed by atoms with E-state index in [9.17, 15) is 4.79 Å². The molecule has 0 radical (unpaired) electrons. The summed E-state index contributed by atoms with van der Waals surface area (Å²) in [4.78, 5) is 17.2. The second kappa shape index (κ2) is 6.52. The van der Waals surface area contributed by atoms with Gasteiger partial charge in [-0.05, 0) is 43.5 Å². The van der Waals surface area contributed by atoms with Gasteiger partial charge in [0.05, 0.1) is 7.11 Å². The Balaban J connectivity index is 1.49. The van der Waals surface area contributed by atoms with E-state index in [0.717, 1.165) is 49.2 Å². The summed E-state index contributed by atoms with van der Waals surface area (Å²) in [6.45, 7) is 5.55. The number of piperazine rings is 1. The number of carbonyl (C=O) groups excluding carboxylic acids is 1. The highest BCUT2D eigenvalue weighted by molar-refractivity contribution is 5.92. The molecule has 6 nitrogen and oxygen atoms in total. The number of carbonyl (C=O) groups is 1. The molecule has 2 fully saturated rings. The van der Waals surface area contributed by atoms with Crippen molar-refractivity contribution in [2.75, 3.05) is 33.3 Å². The lowest BCUT2D eigenvalue weighted by Gasteiger charge is -2.34. The molecule has 1 aromatic heterocycles. The van der Waals surface area contributed by atoms with E-state index < -0.39 is 0 Å². The fraction of sp³-hybridized carbons (Fsp3) is 0.474. The summed E-state index contributed by atoms with van der Waals surface area (Å²) in [5.74, 6) is 0.756. The molecule has 0 spiro atoms. The summed E-state index contributed by atoms with van der Waals surface area (Å²) in [6, 6.07) is 8.49. The Kier molecular flexibility index (Phi) is 4.21. The molecule has 1 aliphatic heterocycles. The van der Waals surface area contributed by atoms with Crippen LogP contribution in [0.2, 0.25) is 0 Å². The van der Waals surface area contributed by atoms with Gasteiger partial charge >= 0.3 is 0 Å². The molecule has 1 aromatic carbocycles. The third-order valence-electron chi connectivity index (χ3n) is 5.05. The van der Waals surface area contributed by atoms with Crippen LogP contribution < -0.4 is 4.74 Å². The lowest BCUT2D eigenvalue weighted by molar-refractivity contribution is 0.0621. The smallest absolute Gasteiger partial charge is 0.274 e. The second-order valence-corrected chi connectivity index (χ2v) is 6.88. The van der Waals surface area contributed by atoms with Crippen molar-refractivity contribution >= 4 is 5.91 Å². The quantitative estimate of drug-likeness (QED) is 0.855. The van der Waals surface area contributed by atoms with E-state index in [2.05, 4.69) is 10.00 Å². The number of hydrogen-bond acceptors (Lipinski definition) is 4. The van der Waals surface area contributed by atoms with Crippen LogP contribution in [0.3, 0.4) is 0 Å². The van der Waals surface area contributed by atoms with Gasteiger partial charge in [-0.3, -0.25) is 9.69 Å². The summed E-state index contributed by atoms with van der Waals surface area (Å²) in [5, 5.41) is 4.50. The minimum absolute atomic E-state index is 0.0146. The van der Waals surface area contributed by atoms with Gasteiger partial charge in [0.25, 0.3) is 5.91 Å². The summed E-state index contributed by atoms with van der Waals surface area (Å²) in [7, 11) is 1.64. The molecule has 25 heavy (non-hydrogen) atoms. The van der Waals surface area contributed by atoms with Gasteiger partial charge < -0.3 is 9.64 Å². The highest BCUT2D eigenvalue weighted by Gasteiger charge is 2.32. The average Bonchev–Trinajstić information content (AvgIpc) is 3.38. The van der Waals surface area contributed by atoms with E-state index >= 15 is 0 Å². The molecule has 0 unspecified atom stereocenters. The molecule has 4 rings (SSSR count). The van der Waals surface area contributed by atoms with E-state index in [1.165, 1.54) is 12.8 Å². The topological polar surface area (TPSA) is 50.6 Å². The number of ether oxygens (including phenoxy) is 1. The fourth-order valence-corrected chi connectivity index (χ4v) is 3.44. The summed E-state index contributed by atoms with van der Waals surface area (Å²) < 4.78 is 7.14. The van der Waals surface area contributed by atoms with Gasteiger partial charge in [0.2, 0.25) is 0 Å². The Hall–Kier alpha value is -2.34. The first-order valence-electron chi connectivity index (χ1n) is 8.90. The Morgan fingerprint density at radius 2 is 1.92 bits per heavy atom. The third kappa shape index (κ3) is 3.26. The minimum atomic E-state index is 0.0146. The van der Waals surface area contributed by atoms with Crippen LogP contribution >= 0.6 is 0 Å². The maximum Gasteiger partial charge on any atom is 0.274 e. The maximum absolute atomic E-state index is 12.8. The molecule has 1 aliphatic carbocycles. The molecule has 2 heterocycles. The number of hydrogen-bond donors (Lipinski definition) is 0. The largest absolute Gasteiger partial charge is 0.494 e. The standard InChI is InChI=1S/C19H24N4O2/c1-14-3-6-18(25-2)17(13-14)23-8-7-16(20-23)19(24)22-11-9-21(10-12-22)15-4-5-15/h3,6-8,13,15H,4-5,9-12H2,1-2H3. The van der Waals surface area contributed by atoms with Crippen LogP contribution in [0.1, 0.15) is 28.9 Å². The van der Waals surface area contributed by atoms with Crippen LogP contribution in [-0.4, -0.2) is 64.8 Å². The number of aryl methyl sites for hydroxylation is 1. The average molecular weight is 340 g/mol. The van der Waals surface area contributed by atoms with Crippen molar-refractivity contribution < 1.29 is 9.53 Å². The van der Waals surface area contributed by atoms with Gasteiger partial charge in [-0.25, -0.2) is 4.68 Å². The lowest BCUT2D eigenvalue weighted by Crippen LogP contribution is -2.49. The molecule has 0 atom stereocenters. The zero-order chi connectivity index (χ0) is 17.4. The van der Waals surface area contributed by atoms with Crippen LogP contribution in [0.4, 0.5) is 0 Å². The Bertz CT molecular complexity index is 773. The lowest BCUT2D eigenvalue weighted by atomic mass is 10.2. The van der Waals surface area contributed by atoms with Crippen molar-refractivity contribution in [3.8, 4) is 11.4 Å². The highest BCUT2D eigenvalue weighted by Crippen LogP contribution is 2.28. The molecule has 6 heteroatoms. The Morgan fingerprint density at radius 1 is 1.16 bits per heavy atom.